The molecule has 0 radical (unpaired) electrons. The summed E-state index contributed by atoms with van der Waals surface area (Å²) in [6, 6.07) is 11.6. The van der Waals surface area contributed by atoms with Gasteiger partial charge >= 0.3 is 0 Å². The molecule has 1 amide bonds. The summed E-state index contributed by atoms with van der Waals surface area (Å²) < 4.78 is 5.26. The van der Waals surface area contributed by atoms with Crippen molar-refractivity contribution < 1.29 is 14.5 Å². The van der Waals surface area contributed by atoms with Crippen LogP contribution < -0.4 is 9.64 Å². The predicted molar refractivity (Wildman–Crippen MR) is 99.2 cm³/mol. The van der Waals surface area contributed by atoms with Gasteiger partial charge < -0.3 is 14.5 Å². The van der Waals surface area contributed by atoms with Crippen LogP contribution in [0.25, 0.3) is 0 Å². The van der Waals surface area contributed by atoms with Gasteiger partial charge in [-0.2, -0.15) is 0 Å². The number of hydrogen-bond acceptors (Lipinski definition) is 5. The van der Waals surface area contributed by atoms with Crippen LogP contribution in [0.4, 0.5) is 11.4 Å². The minimum atomic E-state index is -0.473. The van der Waals surface area contributed by atoms with E-state index in [1.165, 1.54) is 12.1 Å². The molecule has 2 aromatic carbocycles. The lowest BCUT2D eigenvalue weighted by molar-refractivity contribution is -0.384. The number of piperazine rings is 1. The summed E-state index contributed by atoms with van der Waals surface area (Å²) in [6.07, 6.45) is 0. The number of para-hydroxylation sites is 1. The summed E-state index contributed by atoms with van der Waals surface area (Å²) >= 11 is 6.20. The lowest BCUT2D eigenvalue weighted by Gasteiger charge is -2.36. The number of amides is 1. The van der Waals surface area contributed by atoms with Crippen LogP contribution in [0.3, 0.4) is 0 Å². The highest BCUT2D eigenvalue weighted by Crippen LogP contribution is 2.30. The molecule has 8 heteroatoms. The first-order chi connectivity index (χ1) is 12.5. The number of non-ortho nitro benzene ring substituents is 1. The Morgan fingerprint density at radius 2 is 1.85 bits per heavy atom. The van der Waals surface area contributed by atoms with Gasteiger partial charge in [-0.1, -0.05) is 23.7 Å². The molecular formula is C18H18ClN3O4. The number of rotatable bonds is 4. The molecule has 0 spiro atoms. The average molecular weight is 376 g/mol. The van der Waals surface area contributed by atoms with Crippen molar-refractivity contribution in [3.63, 3.8) is 0 Å². The summed E-state index contributed by atoms with van der Waals surface area (Å²) in [5.74, 6) is 0.482. The van der Waals surface area contributed by atoms with Crippen molar-refractivity contribution in [3.05, 3.63) is 63.2 Å². The smallest absolute Gasteiger partial charge is 0.271 e. The van der Waals surface area contributed by atoms with Gasteiger partial charge in [-0.3, -0.25) is 14.9 Å². The van der Waals surface area contributed by atoms with Gasteiger partial charge in [0.25, 0.3) is 11.6 Å². The van der Waals surface area contributed by atoms with Gasteiger partial charge in [0.2, 0.25) is 0 Å². The Balaban J connectivity index is 1.69. The second-order valence-electron chi connectivity index (χ2n) is 5.87. The number of halogens is 1. The Bertz CT molecular complexity index is 835. The number of nitrogens with zero attached hydrogens (tertiary/aromatic N) is 3. The molecule has 0 aromatic heterocycles. The lowest BCUT2D eigenvalue weighted by atomic mass is 10.1. The van der Waals surface area contributed by atoms with Crippen molar-refractivity contribution in [3.8, 4) is 5.75 Å². The van der Waals surface area contributed by atoms with Gasteiger partial charge in [0.15, 0.2) is 0 Å². The third-order valence-corrected chi connectivity index (χ3v) is 4.69. The third kappa shape index (κ3) is 3.57. The van der Waals surface area contributed by atoms with Gasteiger partial charge in [0.05, 0.1) is 28.3 Å². The molecule has 0 atom stereocenters. The molecule has 0 aliphatic carbocycles. The molecule has 0 N–H and O–H groups in total. The Morgan fingerprint density at radius 3 is 2.46 bits per heavy atom. The normalized spacial score (nSPS) is 14.2. The van der Waals surface area contributed by atoms with Gasteiger partial charge in [0.1, 0.15) is 5.75 Å². The number of anilines is 1. The quantitative estimate of drug-likeness (QED) is 0.605. The van der Waals surface area contributed by atoms with Crippen molar-refractivity contribution in [1.29, 1.82) is 0 Å². The molecular weight excluding hydrogens is 358 g/mol. The second-order valence-corrected chi connectivity index (χ2v) is 6.28. The van der Waals surface area contributed by atoms with E-state index in [1.54, 1.807) is 30.2 Å². The van der Waals surface area contributed by atoms with E-state index in [2.05, 4.69) is 0 Å². The van der Waals surface area contributed by atoms with Crippen LogP contribution in [-0.4, -0.2) is 49.0 Å². The summed E-state index contributed by atoms with van der Waals surface area (Å²) in [7, 11) is 1.54. The maximum Gasteiger partial charge on any atom is 0.271 e. The van der Waals surface area contributed by atoms with E-state index in [0.29, 0.717) is 42.5 Å². The number of nitro groups is 1. The molecule has 0 unspecified atom stereocenters. The third-order valence-electron chi connectivity index (χ3n) is 4.39. The van der Waals surface area contributed by atoms with Crippen LogP contribution in [0.1, 0.15) is 10.4 Å². The van der Waals surface area contributed by atoms with E-state index < -0.39 is 4.92 Å². The fraction of sp³-hybridized carbons (Fsp3) is 0.278. The van der Waals surface area contributed by atoms with Crippen molar-refractivity contribution in [2.24, 2.45) is 0 Å². The molecule has 0 bridgehead atoms. The van der Waals surface area contributed by atoms with E-state index in [4.69, 9.17) is 16.3 Å². The highest BCUT2D eigenvalue weighted by atomic mass is 35.5. The van der Waals surface area contributed by atoms with Gasteiger partial charge in [-0.15, -0.1) is 0 Å². The van der Waals surface area contributed by atoms with E-state index >= 15 is 0 Å². The zero-order valence-electron chi connectivity index (χ0n) is 14.2. The average Bonchev–Trinajstić information content (AvgIpc) is 2.67. The fourth-order valence-electron chi connectivity index (χ4n) is 3.01. The van der Waals surface area contributed by atoms with Crippen LogP contribution in [0.5, 0.6) is 5.75 Å². The minimum absolute atomic E-state index is 0.0382. The van der Waals surface area contributed by atoms with Crippen molar-refractivity contribution in [2.45, 2.75) is 0 Å². The highest BCUT2D eigenvalue weighted by Gasteiger charge is 2.25. The first kappa shape index (κ1) is 18.0. The molecule has 1 aliphatic rings. The topological polar surface area (TPSA) is 75.9 Å². The first-order valence-electron chi connectivity index (χ1n) is 8.12. The van der Waals surface area contributed by atoms with Crippen LogP contribution in [-0.2, 0) is 0 Å². The summed E-state index contributed by atoms with van der Waals surface area (Å²) in [6.45, 7) is 2.26. The summed E-state index contributed by atoms with van der Waals surface area (Å²) in [5, 5.41) is 11.2. The lowest BCUT2D eigenvalue weighted by Crippen LogP contribution is -2.49. The van der Waals surface area contributed by atoms with Crippen LogP contribution >= 0.6 is 11.6 Å². The maximum atomic E-state index is 12.7. The van der Waals surface area contributed by atoms with Crippen molar-refractivity contribution >= 4 is 28.9 Å². The summed E-state index contributed by atoms with van der Waals surface area (Å²) in [4.78, 5) is 26.9. The number of carbonyl (C=O) groups excluding carboxylic acids is 1. The molecule has 1 heterocycles. The highest BCUT2D eigenvalue weighted by molar-refractivity contribution is 6.33. The fourth-order valence-corrected chi connectivity index (χ4v) is 3.30. The van der Waals surface area contributed by atoms with Crippen molar-refractivity contribution in [1.82, 2.24) is 4.90 Å². The number of carbonyl (C=O) groups is 1. The number of nitro benzene ring substituents is 1. The zero-order valence-corrected chi connectivity index (χ0v) is 15.0. The van der Waals surface area contributed by atoms with E-state index in [-0.39, 0.29) is 11.6 Å². The molecule has 1 fully saturated rings. The van der Waals surface area contributed by atoms with Gasteiger partial charge in [0, 0.05) is 38.3 Å². The molecule has 136 valence electrons. The molecule has 26 heavy (non-hydrogen) atoms. The van der Waals surface area contributed by atoms with Crippen LogP contribution in [0.2, 0.25) is 5.02 Å². The van der Waals surface area contributed by atoms with Crippen LogP contribution in [0.15, 0.2) is 42.5 Å². The van der Waals surface area contributed by atoms with E-state index in [1.807, 2.05) is 17.0 Å². The Morgan fingerprint density at radius 1 is 1.15 bits per heavy atom. The minimum Gasteiger partial charge on any atom is -0.496 e. The molecule has 1 aliphatic heterocycles. The van der Waals surface area contributed by atoms with E-state index in [9.17, 15) is 14.9 Å². The Hall–Kier alpha value is -2.80. The number of hydrogen-bond donors (Lipinski definition) is 0. The SMILES string of the molecule is COc1ccccc1C(=O)N1CCN(c2ccc([N+](=O)[O-])cc2Cl)CC1. The van der Waals surface area contributed by atoms with Crippen LogP contribution in [0, 0.1) is 10.1 Å². The number of benzene rings is 2. The molecule has 3 rings (SSSR count). The van der Waals surface area contributed by atoms with Gasteiger partial charge in [-0.05, 0) is 18.2 Å². The molecule has 2 aromatic rings. The molecule has 1 saturated heterocycles. The van der Waals surface area contributed by atoms with Crippen molar-refractivity contribution in [2.75, 3.05) is 38.2 Å². The number of methoxy groups -OCH3 is 1. The van der Waals surface area contributed by atoms with E-state index in [0.717, 1.165) is 5.69 Å². The second kappa shape index (κ2) is 7.61. The Labute approximate surface area is 155 Å². The molecule has 0 saturated carbocycles. The maximum absolute atomic E-state index is 12.7. The monoisotopic (exact) mass is 375 g/mol. The largest absolute Gasteiger partial charge is 0.496 e. The zero-order chi connectivity index (χ0) is 18.7. The van der Waals surface area contributed by atoms with Gasteiger partial charge in [-0.25, -0.2) is 0 Å². The first-order valence-corrected chi connectivity index (χ1v) is 8.50. The molecule has 7 nitrogen and oxygen atoms in total. The summed E-state index contributed by atoms with van der Waals surface area (Å²) in [5.41, 5.74) is 1.24. The number of ether oxygens (including phenoxy) is 1. The predicted octanol–water partition coefficient (Wildman–Crippen LogP) is 3.22. The Kier molecular flexibility index (Phi) is 5.27. The standard InChI is InChI=1S/C18H18ClN3O4/c1-26-17-5-3-2-4-14(17)18(23)21-10-8-20(9-11-21)16-7-6-13(22(24)25)12-15(16)19/h2-7,12H,8-11H2,1H3.